The first-order chi connectivity index (χ1) is 12.3. The van der Waals surface area contributed by atoms with E-state index >= 15 is 0 Å². The van der Waals surface area contributed by atoms with E-state index in [-0.39, 0.29) is 6.61 Å². The number of aryl methyl sites for hydroxylation is 3. The molecule has 0 fully saturated rings. The third-order valence-electron chi connectivity index (χ3n) is 3.98. The molecule has 6 heteroatoms. The molecular formula is C19H23N3O3. The number of imidazole rings is 1. The molecule has 0 bridgehead atoms. The Hall–Kier alpha value is -2.60. The summed E-state index contributed by atoms with van der Waals surface area (Å²) in [6, 6.07) is 8.52. The predicted octanol–water partition coefficient (Wildman–Crippen LogP) is 3.11. The van der Waals surface area contributed by atoms with Crippen LogP contribution in [0.3, 0.4) is 0 Å². The highest BCUT2D eigenvalue weighted by Crippen LogP contribution is 2.20. The molecule has 3 aromatic rings. The summed E-state index contributed by atoms with van der Waals surface area (Å²) in [5.41, 5.74) is 2.04. The Labute approximate surface area is 147 Å². The quantitative estimate of drug-likeness (QED) is 0.605. The summed E-state index contributed by atoms with van der Waals surface area (Å²) >= 11 is 0. The maximum absolute atomic E-state index is 8.98. The third-order valence-corrected chi connectivity index (χ3v) is 3.98. The molecule has 0 unspecified atom stereocenters. The fourth-order valence-corrected chi connectivity index (χ4v) is 2.66. The van der Waals surface area contributed by atoms with Gasteiger partial charge in [-0.3, -0.25) is 4.57 Å². The summed E-state index contributed by atoms with van der Waals surface area (Å²) in [4.78, 5) is 8.66. The van der Waals surface area contributed by atoms with Gasteiger partial charge < -0.3 is 14.3 Å². The predicted molar refractivity (Wildman–Crippen MR) is 94.0 cm³/mol. The first-order valence-corrected chi connectivity index (χ1v) is 8.54. The fourth-order valence-electron chi connectivity index (χ4n) is 2.66. The van der Waals surface area contributed by atoms with Gasteiger partial charge in [-0.2, -0.15) is 4.98 Å². The van der Waals surface area contributed by atoms with Crippen molar-refractivity contribution in [2.75, 3.05) is 13.2 Å². The number of para-hydroxylation sites is 1. The van der Waals surface area contributed by atoms with Crippen LogP contribution in [-0.4, -0.2) is 32.9 Å². The van der Waals surface area contributed by atoms with Crippen LogP contribution >= 0.6 is 0 Å². The Balaban J connectivity index is 1.49. The van der Waals surface area contributed by atoms with Gasteiger partial charge in [0.1, 0.15) is 17.8 Å². The van der Waals surface area contributed by atoms with Crippen molar-refractivity contribution in [3.05, 3.63) is 60.0 Å². The van der Waals surface area contributed by atoms with Crippen molar-refractivity contribution >= 4 is 0 Å². The molecule has 0 saturated carbocycles. The molecule has 0 aliphatic heterocycles. The summed E-state index contributed by atoms with van der Waals surface area (Å²) < 4.78 is 13.2. The highest BCUT2D eigenvalue weighted by atomic mass is 16.5. The van der Waals surface area contributed by atoms with Crippen molar-refractivity contribution in [2.45, 2.75) is 32.6 Å². The van der Waals surface area contributed by atoms with Crippen LogP contribution in [0.2, 0.25) is 0 Å². The summed E-state index contributed by atoms with van der Waals surface area (Å²) in [6.45, 7) is 2.72. The first-order valence-electron chi connectivity index (χ1n) is 8.54. The topological polar surface area (TPSA) is 73.3 Å². The molecule has 3 rings (SSSR count). The molecular weight excluding hydrogens is 318 g/mol. The van der Waals surface area contributed by atoms with Crippen molar-refractivity contribution in [1.29, 1.82) is 0 Å². The Morgan fingerprint density at radius 1 is 1.20 bits per heavy atom. The lowest BCUT2D eigenvalue weighted by atomic mass is 10.1. The fraction of sp³-hybridized carbons (Fsp3) is 0.368. The zero-order valence-electron chi connectivity index (χ0n) is 14.4. The van der Waals surface area contributed by atoms with Crippen molar-refractivity contribution in [3.63, 3.8) is 0 Å². The van der Waals surface area contributed by atoms with Crippen LogP contribution < -0.4 is 4.74 Å². The van der Waals surface area contributed by atoms with Crippen molar-refractivity contribution in [1.82, 2.24) is 14.5 Å². The standard InChI is InChI=1S/C19H23N3O3/c1-15-20-10-11-22(15)19-21-17(14-25-19)8-5-13-24-18-9-3-2-6-16(18)7-4-12-23/h2-3,6,9-11,14,23H,4-5,7-8,12-13H2,1H3. The van der Waals surface area contributed by atoms with Crippen LogP contribution in [0.5, 0.6) is 5.75 Å². The highest BCUT2D eigenvalue weighted by Gasteiger charge is 2.08. The molecule has 0 atom stereocenters. The van der Waals surface area contributed by atoms with Gasteiger partial charge in [0.2, 0.25) is 0 Å². The molecule has 0 aliphatic carbocycles. The molecule has 1 aromatic carbocycles. The van der Waals surface area contributed by atoms with Crippen LogP contribution in [0, 0.1) is 6.92 Å². The number of aromatic nitrogens is 3. The molecule has 0 amide bonds. The average Bonchev–Trinajstić information content (AvgIpc) is 3.26. The molecule has 0 radical (unpaired) electrons. The van der Waals surface area contributed by atoms with Gasteiger partial charge in [-0.15, -0.1) is 0 Å². The second kappa shape index (κ2) is 8.48. The highest BCUT2D eigenvalue weighted by molar-refractivity contribution is 5.33. The number of nitrogens with zero attached hydrogens (tertiary/aromatic N) is 3. The van der Waals surface area contributed by atoms with Gasteiger partial charge in [0, 0.05) is 19.0 Å². The van der Waals surface area contributed by atoms with E-state index in [1.54, 1.807) is 12.5 Å². The van der Waals surface area contributed by atoms with E-state index in [1.807, 2.05) is 42.0 Å². The monoisotopic (exact) mass is 341 g/mol. The number of ether oxygens (including phenoxy) is 1. The lowest BCUT2D eigenvalue weighted by Crippen LogP contribution is -2.03. The van der Waals surface area contributed by atoms with Gasteiger partial charge >= 0.3 is 6.01 Å². The van der Waals surface area contributed by atoms with Gasteiger partial charge in [0.05, 0.1) is 12.3 Å². The minimum absolute atomic E-state index is 0.194. The average molecular weight is 341 g/mol. The first kappa shape index (κ1) is 17.2. The van der Waals surface area contributed by atoms with E-state index in [9.17, 15) is 0 Å². The second-order valence-electron chi connectivity index (χ2n) is 5.85. The summed E-state index contributed by atoms with van der Waals surface area (Å²) in [5, 5.41) is 8.98. The summed E-state index contributed by atoms with van der Waals surface area (Å²) in [5.74, 6) is 1.74. The zero-order chi connectivity index (χ0) is 17.5. The number of rotatable bonds is 9. The van der Waals surface area contributed by atoms with Gasteiger partial charge in [0.15, 0.2) is 0 Å². The smallest absolute Gasteiger partial charge is 0.307 e. The Morgan fingerprint density at radius 3 is 2.88 bits per heavy atom. The van der Waals surface area contributed by atoms with Crippen molar-refractivity contribution in [2.24, 2.45) is 0 Å². The lowest BCUT2D eigenvalue weighted by molar-refractivity contribution is 0.284. The normalized spacial score (nSPS) is 11.0. The molecule has 25 heavy (non-hydrogen) atoms. The zero-order valence-corrected chi connectivity index (χ0v) is 14.4. The van der Waals surface area contributed by atoms with Crippen molar-refractivity contribution < 1.29 is 14.3 Å². The van der Waals surface area contributed by atoms with Gasteiger partial charge in [-0.1, -0.05) is 18.2 Å². The molecule has 2 heterocycles. The van der Waals surface area contributed by atoms with Crippen LogP contribution in [0.4, 0.5) is 0 Å². The number of aliphatic hydroxyl groups excluding tert-OH is 1. The molecule has 0 aliphatic rings. The maximum atomic E-state index is 8.98. The molecule has 132 valence electrons. The number of aliphatic hydroxyl groups is 1. The van der Waals surface area contributed by atoms with Crippen LogP contribution in [0.25, 0.3) is 6.01 Å². The minimum atomic E-state index is 0.194. The Bertz CT molecular complexity index is 795. The maximum Gasteiger partial charge on any atom is 0.307 e. The Morgan fingerprint density at radius 2 is 2.08 bits per heavy atom. The van der Waals surface area contributed by atoms with Crippen molar-refractivity contribution in [3.8, 4) is 11.8 Å². The molecule has 0 spiro atoms. The molecule has 0 saturated heterocycles. The largest absolute Gasteiger partial charge is 0.493 e. The number of hydrogen-bond donors (Lipinski definition) is 1. The van der Waals surface area contributed by atoms with Crippen LogP contribution in [0.15, 0.2) is 47.3 Å². The van der Waals surface area contributed by atoms with Crippen LogP contribution in [-0.2, 0) is 12.8 Å². The van der Waals surface area contributed by atoms with Gasteiger partial charge in [0.25, 0.3) is 0 Å². The minimum Gasteiger partial charge on any atom is -0.493 e. The second-order valence-corrected chi connectivity index (χ2v) is 5.85. The molecule has 2 aromatic heterocycles. The van der Waals surface area contributed by atoms with E-state index in [4.69, 9.17) is 14.3 Å². The van der Waals surface area contributed by atoms with E-state index < -0.39 is 0 Å². The molecule has 1 N–H and O–H groups in total. The number of oxazole rings is 1. The van der Waals surface area contributed by atoms with E-state index in [0.29, 0.717) is 12.6 Å². The van der Waals surface area contributed by atoms with E-state index in [0.717, 1.165) is 48.5 Å². The van der Waals surface area contributed by atoms with Gasteiger partial charge in [-0.25, -0.2) is 4.98 Å². The summed E-state index contributed by atoms with van der Waals surface area (Å²) in [7, 11) is 0. The molecule has 6 nitrogen and oxygen atoms in total. The van der Waals surface area contributed by atoms with Crippen LogP contribution in [0.1, 0.15) is 29.9 Å². The number of benzene rings is 1. The number of hydrogen-bond acceptors (Lipinski definition) is 5. The van der Waals surface area contributed by atoms with E-state index in [1.165, 1.54) is 0 Å². The summed E-state index contributed by atoms with van der Waals surface area (Å²) in [6.07, 6.45) is 8.45. The van der Waals surface area contributed by atoms with E-state index in [2.05, 4.69) is 9.97 Å². The lowest BCUT2D eigenvalue weighted by Gasteiger charge is -2.10. The Kier molecular flexibility index (Phi) is 5.85. The third kappa shape index (κ3) is 4.48. The van der Waals surface area contributed by atoms with Gasteiger partial charge in [-0.05, 0) is 44.2 Å². The SMILES string of the molecule is Cc1nccn1-c1nc(CCCOc2ccccc2CCCO)co1.